The smallest absolute Gasteiger partial charge is 0.343 e. The summed E-state index contributed by atoms with van der Waals surface area (Å²) in [6.45, 7) is 0.854. The number of benzene rings is 1. The molecule has 3 rings (SSSR count). The largest absolute Gasteiger partial charge is 0.401 e. The van der Waals surface area contributed by atoms with Crippen molar-refractivity contribution in [2.24, 2.45) is 0 Å². The first-order valence-corrected chi connectivity index (χ1v) is 9.68. The van der Waals surface area contributed by atoms with Gasteiger partial charge < -0.3 is 5.32 Å². The Balaban J connectivity index is 1.55. The van der Waals surface area contributed by atoms with E-state index in [1.807, 2.05) is 52.7 Å². The second kappa shape index (κ2) is 8.86. The Bertz CT molecular complexity index is 714. The Morgan fingerprint density at radius 2 is 1.70 bits per heavy atom. The molecule has 1 aromatic heterocycles. The third-order valence-corrected chi connectivity index (χ3v) is 5.44. The quantitative estimate of drug-likeness (QED) is 0.814. The molecule has 1 fully saturated rings. The van der Waals surface area contributed by atoms with Gasteiger partial charge in [-0.1, -0.05) is 36.4 Å². The van der Waals surface area contributed by atoms with E-state index in [2.05, 4.69) is 5.32 Å². The zero-order chi connectivity index (χ0) is 19.3. The van der Waals surface area contributed by atoms with Crippen LogP contribution in [0.3, 0.4) is 0 Å². The van der Waals surface area contributed by atoms with Crippen molar-refractivity contribution in [2.45, 2.75) is 12.2 Å². The van der Waals surface area contributed by atoms with E-state index in [1.54, 1.807) is 11.3 Å². The van der Waals surface area contributed by atoms with Crippen molar-refractivity contribution in [2.75, 3.05) is 39.3 Å². The van der Waals surface area contributed by atoms with E-state index in [4.69, 9.17) is 0 Å². The fourth-order valence-corrected chi connectivity index (χ4v) is 3.99. The summed E-state index contributed by atoms with van der Waals surface area (Å²) in [5.41, 5.74) is 1.00. The lowest BCUT2D eigenvalue weighted by Gasteiger charge is -2.34. The Hall–Kier alpha value is -1.90. The lowest BCUT2D eigenvalue weighted by atomic mass is 10.1. The molecule has 8 heteroatoms. The van der Waals surface area contributed by atoms with E-state index in [0.717, 1.165) is 10.4 Å². The minimum atomic E-state index is -4.18. The summed E-state index contributed by atoms with van der Waals surface area (Å²) in [4.78, 5) is 16.9. The predicted octanol–water partition coefficient (Wildman–Crippen LogP) is 3.13. The minimum absolute atomic E-state index is 0.124. The summed E-state index contributed by atoms with van der Waals surface area (Å²) in [5, 5.41) is 5.04. The molecule has 0 spiro atoms. The van der Waals surface area contributed by atoms with Gasteiger partial charge in [-0.3, -0.25) is 14.6 Å². The van der Waals surface area contributed by atoms with E-state index in [0.29, 0.717) is 26.2 Å². The molecular formula is C19H22F3N3OS. The number of thiophene rings is 1. The Morgan fingerprint density at radius 3 is 2.30 bits per heavy atom. The molecule has 0 unspecified atom stereocenters. The maximum Gasteiger partial charge on any atom is 0.401 e. The van der Waals surface area contributed by atoms with Gasteiger partial charge in [-0.05, 0) is 17.0 Å². The van der Waals surface area contributed by atoms with Crippen LogP contribution in [0.15, 0.2) is 47.8 Å². The van der Waals surface area contributed by atoms with Crippen LogP contribution < -0.4 is 5.32 Å². The summed E-state index contributed by atoms with van der Waals surface area (Å²) in [7, 11) is 0. The monoisotopic (exact) mass is 397 g/mol. The molecule has 1 aliphatic heterocycles. The second-order valence-corrected chi connectivity index (χ2v) is 7.57. The van der Waals surface area contributed by atoms with Crippen LogP contribution >= 0.6 is 11.3 Å². The molecule has 1 aliphatic rings. The number of alkyl halides is 3. The number of amides is 1. The van der Waals surface area contributed by atoms with Gasteiger partial charge in [0.25, 0.3) is 0 Å². The van der Waals surface area contributed by atoms with E-state index in [1.165, 1.54) is 4.90 Å². The third-order valence-electron chi connectivity index (χ3n) is 4.50. The maximum absolute atomic E-state index is 12.6. The van der Waals surface area contributed by atoms with Crippen LogP contribution in [0.2, 0.25) is 0 Å². The molecule has 4 nitrogen and oxygen atoms in total. The van der Waals surface area contributed by atoms with Crippen LogP contribution in [0.25, 0.3) is 0 Å². The molecule has 146 valence electrons. The lowest BCUT2D eigenvalue weighted by Crippen LogP contribution is -2.51. The molecule has 2 aromatic rings. The number of hydrogen-bond acceptors (Lipinski definition) is 4. The van der Waals surface area contributed by atoms with Crippen LogP contribution in [0.5, 0.6) is 0 Å². The molecule has 1 N–H and O–H groups in total. The van der Waals surface area contributed by atoms with Crippen molar-refractivity contribution in [3.63, 3.8) is 0 Å². The van der Waals surface area contributed by atoms with Crippen LogP contribution in [0, 0.1) is 0 Å². The van der Waals surface area contributed by atoms with Crippen molar-refractivity contribution in [1.82, 2.24) is 15.1 Å². The Kier molecular flexibility index (Phi) is 6.51. The van der Waals surface area contributed by atoms with Gasteiger partial charge in [0.15, 0.2) is 0 Å². The molecule has 27 heavy (non-hydrogen) atoms. The van der Waals surface area contributed by atoms with Crippen molar-refractivity contribution < 1.29 is 18.0 Å². The summed E-state index contributed by atoms with van der Waals surface area (Å²) < 4.78 is 37.4. The van der Waals surface area contributed by atoms with Crippen LogP contribution in [0.4, 0.5) is 13.2 Å². The summed E-state index contributed by atoms with van der Waals surface area (Å²) in [5.74, 6) is -0.124. The molecule has 1 saturated heterocycles. The molecule has 2 heterocycles. The highest BCUT2D eigenvalue weighted by molar-refractivity contribution is 7.10. The van der Waals surface area contributed by atoms with Gasteiger partial charge in [0.05, 0.1) is 19.1 Å². The highest BCUT2D eigenvalue weighted by Gasteiger charge is 2.32. The fourth-order valence-electron chi connectivity index (χ4n) is 3.19. The molecule has 1 aromatic carbocycles. The zero-order valence-electron chi connectivity index (χ0n) is 14.8. The first-order valence-electron chi connectivity index (χ1n) is 8.80. The van der Waals surface area contributed by atoms with Crippen LogP contribution in [-0.4, -0.2) is 61.2 Å². The van der Waals surface area contributed by atoms with Crippen LogP contribution in [-0.2, 0) is 4.79 Å². The van der Waals surface area contributed by atoms with E-state index >= 15 is 0 Å². The van der Waals surface area contributed by atoms with E-state index in [-0.39, 0.29) is 18.5 Å². The van der Waals surface area contributed by atoms with Crippen molar-refractivity contribution in [3.05, 3.63) is 58.3 Å². The minimum Gasteiger partial charge on any atom is -0.343 e. The topological polar surface area (TPSA) is 35.6 Å². The van der Waals surface area contributed by atoms with Crippen molar-refractivity contribution >= 4 is 17.2 Å². The molecule has 1 amide bonds. The van der Waals surface area contributed by atoms with Gasteiger partial charge >= 0.3 is 6.18 Å². The summed E-state index contributed by atoms with van der Waals surface area (Å²) >= 11 is 1.58. The fraction of sp³-hybridized carbons (Fsp3) is 0.421. The van der Waals surface area contributed by atoms with E-state index in [9.17, 15) is 18.0 Å². The third kappa shape index (κ3) is 6.05. The molecular weight excluding hydrogens is 375 g/mol. The SMILES string of the molecule is O=C(CN1CCN(CC(F)(F)F)CC1)N[C@H](c1ccccc1)c1cccs1. The van der Waals surface area contributed by atoms with Gasteiger partial charge in [0.2, 0.25) is 5.91 Å². The highest BCUT2D eigenvalue weighted by Crippen LogP contribution is 2.26. The maximum atomic E-state index is 12.6. The normalized spacial score (nSPS) is 17.6. The number of carbonyl (C=O) groups is 1. The predicted molar refractivity (Wildman–Crippen MR) is 99.7 cm³/mol. The summed E-state index contributed by atoms with van der Waals surface area (Å²) in [6, 6.07) is 13.5. The average molecular weight is 397 g/mol. The Morgan fingerprint density at radius 1 is 1.04 bits per heavy atom. The van der Waals surface area contributed by atoms with Crippen molar-refractivity contribution in [3.8, 4) is 0 Å². The molecule has 1 atom stereocenters. The van der Waals surface area contributed by atoms with Gasteiger partial charge in [0, 0.05) is 31.1 Å². The number of piperazine rings is 1. The first kappa shape index (κ1) is 19.9. The summed E-state index contributed by atoms with van der Waals surface area (Å²) in [6.07, 6.45) is -4.18. The number of carbonyl (C=O) groups excluding carboxylic acids is 1. The van der Waals surface area contributed by atoms with Crippen molar-refractivity contribution in [1.29, 1.82) is 0 Å². The molecule has 0 saturated carbocycles. The molecule has 0 aliphatic carbocycles. The molecule has 0 bridgehead atoms. The second-order valence-electron chi connectivity index (χ2n) is 6.59. The number of rotatable bonds is 6. The van der Waals surface area contributed by atoms with E-state index < -0.39 is 12.7 Å². The Labute approximate surface area is 160 Å². The standard InChI is InChI=1S/C19H22F3N3OS/c20-19(21,22)14-25-10-8-24(9-11-25)13-17(26)23-18(16-7-4-12-27-16)15-5-2-1-3-6-15/h1-7,12,18H,8-11,13-14H2,(H,23,26)/t18-/m1/s1. The number of nitrogens with zero attached hydrogens (tertiary/aromatic N) is 2. The van der Waals surface area contributed by atoms with Gasteiger partial charge in [-0.25, -0.2) is 0 Å². The zero-order valence-corrected chi connectivity index (χ0v) is 15.6. The van der Waals surface area contributed by atoms with Crippen LogP contribution in [0.1, 0.15) is 16.5 Å². The highest BCUT2D eigenvalue weighted by atomic mass is 32.1. The molecule has 0 radical (unpaired) electrons. The van der Waals surface area contributed by atoms with Gasteiger partial charge in [-0.2, -0.15) is 13.2 Å². The van der Waals surface area contributed by atoms with Gasteiger partial charge in [0.1, 0.15) is 0 Å². The lowest BCUT2D eigenvalue weighted by molar-refractivity contribution is -0.150. The average Bonchev–Trinajstić information content (AvgIpc) is 3.15. The van der Waals surface area contributed by atoms with Gasteiger partial charge in [-0.15, -0.1) is 11.3 Å². The number of nitrogens with one attached hydrogen (secondary N) is 1. The first-order chi connectivity index (χ1) is 12.9. The number of hydrogen-bond donors (Lipinski definition) is 1. The number of halogens is 3.